The van der Waals surface area contributed by atoms with Crippen molar-refractivity contribution in [1.82, 2.24) is 5.32 Å². The lowest BCUT2D eigenvalue weighted by Crippen LogP contribution is -2.29. The fourth-order valence-corrected chi connectivity index (χ4v) is 2.37. The monoisotopic (exact) mass is 213 g/mol. The molecule has 0 aromatic carbocycles. The third-order valence-electron chi connectivity index (χ3n) is 3.53. The Bertz CT molecular complexity index is 163. The molecule has 1 N–H and O–H groups in total. The van der Waals surface area contributed by atoms with Gasteiger partial charge in [0, 0.05) is 26.4 Å². The van der Waals surface area contributed by atoms with Crippen molar-refractivity contribution < 1.29 is 9.47 Å². The van der Waals surface area contributed by atoms with Crippen molar-refractivity contribution in [2.75, 3.05) is 39.5 Å². The van der Waals surface area contributed by atoms with E-state index >= 15 is 0 Å². The minimum Gasteiger partial charge on any atom is -0.381 e. The summed E-state index contributed by atoms with van der Waals surface area (Å²) in [7, 11) is 0. The van der Waals surface area contributed by atoms with E-state index < -0.39 is 0 Å². The Kier molecular flexibility index (Phi) is 4.90. The summed E-state index contributed by atoms with van der Waals surface area (Å²) < 4.78 is 10.7. The topological polar surface area (TPSA) is 30.5 Å². The van der Waals surface area contributed by atoms with E-state index in [0.717, 1.165) is 44.8 Å². The van der Waals surface area contributed by atoms with Gasteiger partial charge in [0.05, 0.1) is 0 Å². The minimum absolute atomic E-state index is 0.812. The summed E-state index contributed by atoms with van der Waals surface area (Å²) in [5.74, 6) is 1.66. The molecular formula is C12H23NO2. The number of rotatable bonds is 5. The zero-order valence-electron chi connectivity index (χ0n) is 9.54. The average Bonchev–Trinajstić information content (AvgIpc) is 2.79. The van der Waals surface area contributed by atoms with Crippen LogP contribution in [0.5, 0.6) is 0 Å². The molecule has 2 fully saturated rings. The van der Waals surface area contributed by atoms with Crippen molar-refractivity contribution in [3.63, 3.8) is 0 Å². The molecule has 0 saturated carbocycles. The van der Waals surface area contributed by atoms with Gasteiger partial charge < -0.3 is 14.8 Å². The molecule has 0 aromatic rings. The van der Waals surface area contributed by atoms with E-state index in [0.29, 0.717) is 0 Å². The largest absolute Gasteiger partial charge is 0.381 e. The number of ether oxygens (including phenoxy) is 2. The van der Waals surface area contributed by atoms with Gasteiger partial charge in [-0.25, -0.2) is 0 Å². The third-order valence-corrected chi connectivity index (χ3v) is 3.53. The zero-order chi connectivity index (χ0) is 10.3. The van der Waals surface area contributed by atoms with Crippen LogP contribution < -0.4 is 5.32 Å². The van der Waals surface area contributed by atoms with Crippen LogP contribution in [0, 0.1) is 11.8 Å². The van der Waals surface area contributed by atoms with Crippen LogP contribution in [0.1, 0.15) is 25.7 Å². The van der Waals surface area contributed by atoms with Crippen LogP contribution in [0.25, 0.3) is 0 Å². The Morgan fingerprint density at radius 2 is 1.67 bits per heavy atom. The summed E-state index contributed by atoms with van der Waals surface area (Å²) in [5.41, 5.74) is 0. The summed E-state index contributed by atoms with van der Waals surface area (Å²) >= 11 is 0. The second kappa shape index (κ2) is 6.46. The molecular weight excluding hydrogens is 190 g/mol. The smallest absolute Gasteiger partial charge is 0.0495 e. The van der Waals surface area contributed by atoms with Crippen molar-refractivity contribution in [3.05, 3.63) is 0 Å². The van der Waals surface area contributed by atoms with E-state index in [2.05, 4.69) is 5.32 Å². The van der Waals surface area contributed by atoms with Gasteiger partial charge >= 0.3 is 0 Å². The van der Waals surface area contributed by atoms with Gasteiger partial charge in [0.1, 0.15) is 0 Å². The molecule has 1 atom stereocenters. The summed E-state index contributed by atoms with van der Waals surface area (Å²) in [6.45, 7) is 6.22. The van der Waals surface area contributed by atoms with Crippen LogP contribution >= 0.6 is 0 Å². The SMILES string of the molecule is C(CC1CCOC1)NCC1CCOCC1. The van der Waals surface area contributed by atoms with Crippen molar-refractivity contribution in [2.45, 2.75) is 25.7 Å². The van der Waals surface area contributed by atoms with Gasteiger partial charge in [0.15, 0.2) is 0 Å². The predicted octanol–water partition coefficient (Wildman–Crippen LogP) is 1.43. The Balaban J connectivity index is 1.47. The standard InChI is InChI=1S/C12H23NO2/c1(12-4-8-15-10-12)5-13-9-11-2-6-14-7-3-11/h11-13H,1-10H2. The fraction of sp³-hybridized carbons (Fsp3) is 1.00. The lowest BCUT2D eigenvalue weighted by Gasteiger charge is -2.22. The highest BCUT2D eigenvalue weighted by Crippen LogP contribution is 2.16. The molecule has 15 heavy (non-hydrogen) atoms. The molecule has 0 radical (unpaired) electrons. The molecule has 1 unspecified atom stereocenters. The van der Waals surface area contributed by atoms with Crippen LogP contribution in [0.15, 0.2) is 0 Å². The first-order valence-electron chi connectivity index (χ1n) is 6.31. The summed E-state index contributed by atoms with van der Waals surface area (Å²) in [4.78, 5) is 0. The van der Waals surface area contributed by atoms with Crippen molar-refractivity contribution >= 4 is 0 Å². The lowest BCUT2D eigenvalue weighted by atomic mass is 10.00. The first kappa shape index (κ1) is 11.4. The maximum absolute atomic E-state index is 5.36. The van der Waals surface area contributed by atoms with Crippen molar-refractivity contribution in [2.24, 2.45) is 11.8 Å². The van der Waals surface area contributed by atoms with E-state index in [4.69, 9.17) is 9.47 Å². The molecule has 3 heteroatoms. The third kappa shape index (κ3) is 4.09. The average molecular weight is 213 g/mol. The Labute approximate surface area is 92.5 Å². The van der Waals surface area contributed by atoms with Gasteiger partial charge in [-0.3, -0.25) is 0 Å². The van der Waals surface area contributed by atoms with Crippen LogP contribution in [0.2, 0.25) is 0 Å². The molecule has 88 valence electrons. The van der Waals surface area contributed by atoms with Crippen LogP contribution in [-0.4, -0.2) is 39.5 Å². The second-order valence-corrected chi connectivity index (χ2v) is 4.78. The molecule has 0 bridgehead atoms. The molecule has 0 spiro atoms. The van der Waals surface area contributed by atoms with E-state index in [1.165, 1.54) is 32.2 Å². The molecule has 2 heterocycles. The highest BCUT2D eigenvalue weighted by molar-refractivity contribution is 4.68. The zero-order valence-corrected chi connectivity index (χ0v) is 9.54. The molecule has 3 nitrogen and oxygen atoms in total. The Morgan fingerprint density at radius 3 is 2.40 bits per heavy atom. The quantitative estimate of drug-likeness (QED) is 0.701. The van der Waals surface area contributed by atoms with E-state index in [1.54, 1.807) is 0 Å². The molecule has 0 aromatic heterocycles. The summed E-state index contributed by atoms with van der Waals surface area (Å²) in [6, 6.07) is 0. The first-order chi connectivity index (χ1) is 7.45. The fourth-order valence-electron chi connectivity index (χ4n) is 2.37. The number of hydrogen-bond acceptors (Lipinski definition) is 3. The predicted molar refractivity (Wildman–Crippen MR) is 60.0 cm³/mol. The van der Waals surface area contributed by atoms with E-state index in [1.807, 2.05) is 0 Å². The van der Waals surface area contributed by atoms with Gasteiger partial charge in [-0.1, -0.05) is 0 Å². The van der Waals surface area contributed by atoms with Gasteiger partial charge in [0.25, 0.3) is 0 Å². The van der Waals surface area contributed by atoms with Crippen LogP contribution in [-0.2, 0) is 9.47 Å². The molecule has 2 aliphatic rings. The maximum Gasteiger partial charge on any atom is 0.0495 e. The van der Waals surface area contributed by atoms with Crippen molar-refractivity contribution in [3.8, 4) is 0 Å². The highest BCUT2D eigenvalue weighted by atomic mass is 16.5. The number of nitrogens with one attached hydrogen (secondary N) is 1. The maximum atomic E-state index is 5.36. The first-order valence-corrected chi connectivity index (χ1v) is 6.31. The van der Waals surface area contributed by atoms with E-state index in [9.17, 15) is 0 Å². The van der Waals surface area contributed by atoms with Gasteiger partial charge in [-0.2, -0.15) is 0 Å². The van der Waals surface area contributed by atoms with Gasteiger partial charge in [-0.15, -0.1) is 0 Å². The van der Waals surface area contributed by atoms with Gasteiger partial charge in [0.2, 0.25) is 0 Å². The Hall–Kier alpha value is -0.120. The minimum atomic E-state index is 0.812. The second-order valence-electron chi connectivity index (χ2n) is 4.78. The van der Waals surface area contributed by atoms with Crippen molar-refractivity contribution in [1.29, 1.82) is 0 Å². The summed E-state index contributed by atoms with van der Waals surface area (Å²) in [5, 5.41) is 3.57. The Morgan fingerprint density at radius 1 is 0.933 bits per heavy atom. The molecule has 0 amide bonds. The molecule has 2 rings (SSSR count). The van der Waals surface area contributed by atoms with Crippen LogP contribution in [0.3, 0.4) is 0 Å². The molecule has 0 aliphatic carbocycles. The summed E-state index contributed by atoms with van der Waals surface area (Å²) in [6.07, 6.45) is 5.02. The molecule has 2 aliphatic heterocycles. The lowest BCUT2D eigenvalue weighted by molar-refractivity contribution is 0.0662. The highest BCUT2D eigenvalue weighted by Gasteiger charge is 2.16. The normalized spacial score (nSPS) is 28.4. The van der Waals surface area contributed by atoms with Gasteiger partial charge in [-0.05, 0) is 50.6 Å². The number of hydrogen-bond donors (Lipinski definition) is 1. The van der Waals surface area contributed by atoms with Crippen LogP contribution in [0.4, 0.5) is 0 Å². The van der Waals surface area contributed by atoms with E-state index in [-0.39, 0.29) is 0 Å². The molecule has 2 saturated heterocycles.